The van der Waals surface area contributed by atoms with Gasteiger partial charge in [0, 0.05) is 11.3 Å². The van der Waals surface area contributed by atoms with Crippen LogP contribution in [0, 0.1) is 0 Å². The number of benzene rings is 1. The van der Waals surface area contributed by atoms with Crippen LogP contribution in [0.3, 0.4) is 0 Å². The van der Waals surface area contributed by atoms with Crippen molar-refractivity contribution in [3.05, 3.63) is 29.8 Å². The largest absolute Gasteiger partial charge is 0.467 e. The first kappa shape index (κ1) is 15.0. The Hall–Kier alpha value is -2.04. The highest BCUT2D eigenvalue weighted by atomic mass is 16.5. The van der Waals surface area contributed by atoms with E-state index in [9.17, 15) is 9.59 Å². The SMILES string of the molecule is CCCCC(Nc1cccc(C(N)=O)c1)C(=O)OC. The number of nitrogens with one attached hydrogen (secondary N) is 1. The maximum absolute atomic E-state index is 11.7. The molecule has 0 aliphatic carbocycles. The Balaban J connectivity index is 2.80. The van der Waals surface area contributed by atoms with Gasteiger partial charge in [0.15, 0.2) is 0 Å². The van der Waals surface area contributed by atoms with Crippen LogP contribution in [0.2, 0.25) is 0 Å². The van der Waals surface area contributed by atoms with Crippen molar-refractivity contribution in [2.24, 2.45) is 5.73 Å². The summed E-state index contributed by atoms with van der Waals surface area (Å²) in [6.07, 6.45) is 2.60. The van der Waals surface area contributed by atoms with Gasteiger partial charge in [0.2, 0.25) is 5.91 Å². The van der Waals surface area contributed by atoms with Crippen LogP contribution in [0.1, 0.15) is 36.5 Å². The molecule has 1 unspecified atom stereocenters. The third kappa shape index (κ3) is 4.62. The lowest BCUT2D eigenvalue weighted by atomic mass is 10.1. The van der Waals surface area contributed by atoms with Gasteiger partial charge in [-0.3, -0.25) is 4.79 Å². The van der Waals surface area contributed by atoms with E-state index in [-0.39, 0.29) is 5.97 Å². The van der Waals surface area contributed by atoms with Crippen LogP contribution in [0.15, 0.2) is 24.3 Å². The smallest absolute Gasteiger partial charge is 0.328 e. The Bertz CT molecular complexity index is 446. The topological polar surface area (TPSA) is 81.4 Å². The summed E-state index contributed by atoms with van der Waals surface area (Å²) >= 11 is 0. The van der Waals surface area contributed by atoms with Gasteiger partial charge in [-0.25, -0.2) is 4.79 Å². The molecule has 1 aromatic rings. The summed E-state index contributed by atoms with van der Waals surface area (Å²) in [6, 6.07) is 6.36. The molecule has 0 radical (unpaired) electrons. The number of amides is 1. The fraction of sp³-hybridized carbons (Fsp3) is 0.429. The first-order valence-electron chi connectivity index (χ1n) is 6.32. The molecule has 0 aliphatic rings. The molecule has 5 nitrogen and oxygen atoms in total. The first-order valence-corrected chi connectivity index (χ1v) is 6.32. The Morgan fingerprint density at radius 2 is 2.16 bits per heavy atom. The molecule has 104 valence electrons. The van der Waals surface area contributed by atoms with Crippen LogP contribution >= 0.6 is 0 Å². The van der Waals surface area contributed by atoms with E-state index in [1.165, 1.54) is 7.11 Å². The lowest BCUT2D eigenvalue weighted by molar-refractivity contribution is -0.141. The third-order valence-electron chi connectivity index (χ3n) is 2.82. The quantitative estimate of drug-likeness (QED) is 0.737. The van der Waals surface area contributed by atoms with Gasteiger partial charge in [0.1, 0.15) is 6.04 Å². The van der Waals surface area contributed by atoms with Gasteiger partial charge >= 0.3 is 5.97 Å². The van der Waals surface area contributed by atoms with Crippen molar-refractivity contribution in [3.8, 4) is 0 Å². The van der Waals surface area contributed by atoms with Gasteiger partial charge in [0.25, 0.3) is 0 Å². The van der Waals surface area contributed by atoms with Gasteiger partial charge in [-0.1, -0.05) is 25.8 Å². The average molecular weight is 264 g/mol. The third-order valence-corrected chi connectivity index (χ3v) is 2.82. The highest BCUT2D eigenvalue weighted by molar-refractivity contribution is 5.93. The van der Waals surface area contributed by atoms with E-state index < -0.39 is 11.9 Å². The standard InChI is InChI=1S/C14H20N2O3/c1-3-4-8-12(14(18)19-2)16-11-7-5-6-10(9-11)13(15)17/h5-7,9,12,16H,3-4,8H2,1-2H3,(H2,15,17). The zero-order chi connectivity index (χ0) is 14.3. The summed E-state index contributed by atoms with van der Waals surface area (Å²) in [5.41, 5.74) is 6.31. The second kappa shape index (κ2) is 7.41. The molecule has 1 aromatic carbocycles. The number of unbranched alkanes of at least 4 members (excludes halogenated alkanes) is 1. The highest BCUT2D eigenvalue weighted by Crippen LogP contribution is 2.14. The van der Waals surface area contributed by atoms with Crippen molar-refractivity contribution in [1.82, 2.24) is 0 Å². The molecular formula is C14H20N2O3. The zero-order valence-electron chi connectivity index (χ0n) is 11.3. The second-order valence-corrected chi connectivity index (χ2v) is 4.31. The van der Waals surface area contributed by atoms with Crippen LogP contribution < -0.4 is 11.1 Å². The summed E-state index contributed by atoms with van der Waals surface area (Å²) < 4.78 is 4.77. The minimum atomic E-state index is -0.494. The Morgan fingerprint density at radius 3 is 2.74 bits per heavy atom. The van der Waals surface area contributed by atoms with Crippen LogP contribution in [0.25, 0.3) is 0 Å². The number of methoxy groups -OCH3 is 1. The number of nitrogens with two attached hydrogens (primary N) is 1. The molecule has 0 fully saturated rings. The molecule has 1 amide bonds. The molecule has 1 atom stereocenters. The number of rotatable bonds is 7. The van der Waals surface area contributed by atoms with Crippen molar-refractivity contribution in [1.29, 1.82) is 0 Å². The minimum Gasteiger partial charge on any atom is -0.467 e. The van der Waals surface area contributed by atoms with E-state index in [0.717, 1.165) is 12.8 Å². The predicted octanol–water partition coefficient (Wildman–Crippen LogP) is 1.93. The van der Waals surface area contributed by atoms with Crippen LogP contribution in [-0.2, 0) is 9.53 Å². The molecule has 0 saturated carbocycles. The monoisotopic (exact) mass is 264 g/mol. The van der Waals surface area contributed by atoms with E-state index >= 15 is 0 Å². The van der Waals surface area contributed by atoms with Gasteiger partial charge in [0.05, 0.1) is 7.11 Å². The zero-order valence-corrected chi connectivity index (χ0v) is 11.3. The molecule has 0 aliphatic heterocycles. The van der Waals surface area contributed by atoms with Crippen LogP contribution in [-0.4, -0.2) is 25.0 Å². The number of esters is 1. The van der Waals surface area contributed by atoms with E-state index in [1.807, 2.05) is 0 Å². The molecular weight excluding hydrogens is 244 g/mol. The first-order chi connectivity index (χ1) is 9.08. The fourth-order valence-electron chi connectivity index (χ4n) is 1.76. The summed E-state index contributed by atoms with van der Waals surface area (Å²) in [6.45, 7) is 2.06. The van der Waals surface area contributed by atoms with Gasteiger partial charge < -0.3 is 15.8 Å². The van der Waals surface area contributed by atoms with E-state index in [4.69, 9.17) is 10.5 Å². The summed E-state index contributed by atoms with van der Waals surface area (Å²) in [7, 11) is 1.36. The predicted molar refractivity (Wildman–Crippen MR) is 73.9 cm³/mol. The minimum absolute atomic E-state index is 0.307. The van der Waals surface area contributed by atoms with E-state index in [0.29, 0.717) is 17.7 Å². The number of hydrogen-bond donors (Lipinski definition) is 2. The van der Waals surface area contributed by atoms with Gasteiger partial charge in [-0.05, 0) is 24.6 Å². The van der Waals surface area contributed by atoms with E-state index in [1.54, 1.807) is 24.3 Å². The molecule has 1 rings (SSSR count). The summed E-state index contributed by atoms with van der Waals surface area (Å²) in [4.78, 5) is 22.8. The lowest BCUT2D eigenvalue weighted by Gasteiger charge is -2.17. The molecule has 0 heterocycles. The summed E-state index contributed by atoms with van der Waals surface area (Å²) in [5, 5.41) is 3.08. The molecule has 5 heteroatoms. The molecule has 0 bridgehead atoms. The van der Waals surface area contributed by atoms with Gasteiger partial charge in [-0.2, -0.15) is 0 Å². The Labute approximate surface area is 113 Å². The highest BCUT2D eigenvalue weighted by Gasteiger charge is 2.18. The van der Waals surface area contributed by atoms with E-state index in [2.05, 4.69) is 12.2 Å². The van der Waals surface area contributed by atoms with Crippen molar-refractivity contribution in [2.45, 2.75) is 32.2 Å². The van der Waals surface area contributed by atoms with Crippen molar-refractivity contribution >= 4 is 17.6 Å². The fourth-order valence-corrected chi connectivity index (χ4v) is 1.76. The maximum atomic E-state index is 11.7. The van der Waals surface area contributed by atoms with Crippen molar-refractivity contribution < 1.29 is 14.3 Å². The number of primary amides is 1. The maximum Gasteiger partial charge on any atom is 0.328 e. The Morgan fingerprint density at radius 1 is 1.42 bits per heavy atom. The van der Waals surface area contributed by atoms with Gasteiger partial charge in [-0.15, -0.1) is 0 Å². The number of carbonyl (C=O) groups is 2. The van der Waals surface area contributed by atoms with Crippen LogP contribution in [0.5, 0.6) is 0 Å². The number of hydrogen-bond acceptors (Lipinski definition) is 4. The molecule has 3 N–H and O–H groups in total. The second-order valence-electron chi connectivity index (χ2n) is 4.31. The van der Waals surface area contributed by atoms with Crippen molar-refractivity contribution in [3.63, 3.8) is 0 Å². The van der Waals surface area contributed by atoms with Crippen LogP contribution in [0.4, 0.5) is 5.69 Å². The number of carbonyl (C=O) groups excluding carboxylic acids is 2. The Kier molecular flexibility index (Phi) is 5.85. The normalized spacial score (nSPS) is 11.7. The molecule has 0 aromatic heterocycles. The summed E-state index contributed by atoms with van der Waals surface area (Å²) in [5.74, 6) is -0.801. The lowest BCUT2D eigenvalue weighted by Crippen LogP contribution is -2.30. The van der Waals surface area contributed by atoms with Crippen molar-refractivity contribution in [2.75, 3.05) is 12.4 Å². The molecule has 0 spiro atoms. The average Bonchev–Trinajstić information content (AvgIpc) is 2.42. The molecule has 0 saturated heterocycles. The number of ether oxygens (including phenoxy) is 1. The number of anilines is 1. The molecule has 19 heavy (non-hydrogen) atoms.